The number of Topliss-reactive ketones (excluding diaryl/α,β-unsaturated/α-hetero) is 1. The maximum Gasteiger partial charge on any atom is 0.341 e. The number of ketones is 1. The molecule has 1 aromatic carbocycles. The molecule has 0 fully saturated rings. The summed E-state index contributed by atoms with van der Waals surface area (Å²) in [4.78, 5) is 40.9. The van der Waals surface area contributed by atoms with Gasteiger partial charge in [0.15, 0.2) is 5.78 Å². The van der Waals surface area contributed by atoms with Gasteiger partial charge in [-0.1, -0.05) is 32.4 Å². The Hall–Kier alpha value is -3.97. The number of hydrogen-bond acceptors (Lipinski definition) is 9. The minimum absolute atomic E-state index is 0.0823. The number of aryl methyl sites for hydroxylation is 1. The number of allylic oxidation sites excluding steroid dienone is 3. The van der Waals surface area contributed by atoms with Crippen molar-refractivity contribution in [1.29, 1.82) is 5.26 Å². The fourth-order valence-corrected chi connectivity index (χ4v) is 7.58. The van der Waals surface area contributed by atoms with E-state index in [-0.39, 0.29) is 41.3 Å². The Balaban J connectivity index is 1.77. The highest BCUT2D eigenvalue weighted by molar-refractivity contribution is 7.16. The molecule has 0 saturated carbocycles. The number of rotatable bonds is 5. The predicted molar refractivity (Wildman–Crippen MR) is 152 cm³/mol. The summed E-state index contributed by atoms with van der Waals surface area (Å²) in [6.45, 7) is 6.02. The van der Waals surface area contributed by atoms with E-state index in [4.69, 9.17) is 10.5 Å². The van der Waals surface area contributed by atoms with E-state index in [0.717, 1.165) is 42.5 Å². The van der Waals surface area contributed by atoms with Crippen LogP contribution in [0.4, 0.5) is 10.7 Å². The van der Waals surface area contributed by atoms with Crippen LogP contribution in [0.1, 0.15) is 85.2 Å². The first-order chi connectivity index (χ1) is 19.1. The molecule has 10 heteroatoms. The lowest BCUT2D eigenvalue weighted by Crippen LogP contribution is -2.42. The summed E-state index contributed by atoms with van der Waals surface area (Å²) in [6, 6.07) is 8.15. The second kappa shape index (κ2) is 10.5. The summed E-state index contributed by atoms with van der Waals surface area (Å²) in [6.07, 6.45) is 5.45. The summed E-state index contributed by atoms with van der Waals surface area (Å²) >= 11 is 1.49. The molecule has 0 bridgehead atoms. The smallest absolute Gasteiger partial charge is 0.341 e. The topological polar surface area (TPSA) is 140 Å². The molecule has 0 saturated heterocycles. The van der Waals surface area contributed by atoms with Crippen LogP contribution in [-0.2, 0) is 22.4 Å². The van der Waals surface area contributed by atoms with Gasteiger partial charge in [0.25, 0.3) is 5.69 Å². The van der Waals surface area contributed by atoms with Gasteiger partial charge in [-0.05, 0) is 55.6 Å². The minimum Gasteiger partial charge on any atom is -0.462 e. The maximum atomic E-state index is 13.9. The van der Waals surface area contributed by atoms with Crippen LogP contribution in [0.5, 0.6) is 0 Å². The third kappa shape index (κ3) is 4.68. The van der Waals surface area contributed by atoms with Crippen LogP contribution in [0.25, 0.3) is 0 Å². The molecule has 2 aliphatic carbocycles. The number of hydrogen-bond donors (Lipinski definition) is 1. The number of fused-ring (bicyclic) bond motifs is 1. The SMILES string of the molecule is CCOC(=O)c1c(N2C(N)=C(C#N)[C@H](c3ccc([N+](=O)[O-])cc3)C3=C2CC(C)(C)CC3=O)sc2c1CCCCC2. The molecule has 5 rings (SSSR count). The summed E-state index contributed by atoms with van der Waals surface area (Å²) in [5.41, 5.74) is 9.70. The average Bonchev–Trinajstić information content (AvgIpc) is 3.09. The Bertz CT molecular complexity index is 1510. The maximum absolute atomic E-state index is 13.9. The van der Waals surface area contributed by atoms with E-state index >= 15 is 0 Å². The number of thiophene rings is 1. The number of carbonyl (C=O) groups excluding carboxylic acids is 2. The van der Waals surface area contributed by atoms with Crippen LogP contribution in [-0.4, -0.2) is 23.3 Å². The first kappa shape index (κ1) is 27.6. The Morgan fingerprint density at radius 1 is 1.23 bits per heavy atom. The van der Waals surface area contributed by atoms with Crippen molar-refractivity contribution >= 4 is 33.8 Å². The Morgan fingerprint density at radius 2 is 1.93 bits per heavy atom. The van der Waals surface area contributed by atoms with E-state index in [2.05, 4.69) is 6.07 Å². The minimum atomic E-state index is -0.760. The lowest BCUT2D eigenvalue weighted by Gasteiger charge is -2.43. The molecule has 40 heavy (non-hydrogen) atoms. The number of esters is 1. The standard InChI is InChI=1S/C30H32N4O5S/c1-4-39-29(36)25-19-8-6-5-7-9-23(19)40-28(25)33-21-14-30(2,3)15-22(35)26(21)24(20(16-31)27(33)32)17-10-12-18(13-11-17)34(37)38/h10-13,24H,4-9,14-15,32H2,1-3H3/t24-/m0/s1. The van der Waals surface area contributed by atoms with Gasteiger partial charge in [-0.25, -0.2) is 4.79 Å². The lowest BCUT2D eigenvalue weighted by molar-refractivity contribution is -0.384. The van der Waals surface area contributed by atoms with Crippen molar-refractivity contribution in [2.75, 3.05) is 11.5 Å². The fourth-order valence-electron chi connectivity index (χ4n) is 6.16. The van der Waals surface area contributed by atoms with E-state index in [9.17, 15) is 25.0 Å². The molecule has 0 unspecified atom stereocenters. The summed E-state index contributed by atoms with van der Waals surface area (Å²) in [5, 5.41) is 22.3. The van der Waals surface area contributed by atoms with E-state index in [1.54, 1.807) is 24.0 Å². The molecular weight excluding hydrogens is 528 g/mol. The van der Waals surface area contributed by atoms with Gasteiger partial charge in [-0.3, -0.25) is 19.8 Å². The summed E-state index contributed by atoms with van der Waals surface area (Å²) in [5.74, 6) is -1.12. The zero-order valence-electron chi connectivity index (χ0n) is 22.9. The number of carbonyl (C=O) groups is 2. The van der Waals surface area contributed by atoms with Gasteiger partial charge in [0.2, 0.25) is 0 Å². The first-order valence-corrected chi connectivity index (χ1v) is 14.4. The van der Waals surface area contributed by atoms with Gasteiger partial charge in [-0.2, -0.15) is 5.26 Å². The Kier molecular flexibility index (Phi) is 7.27. The van der Waals surface area contributed by atoms with E-state index < -0.39 is 16.8 Å². The molecule has 9 nitrogen and oxygen atoms in total. The van der Waals surface area contributed by atoms with Crippen LogP contribution < -0.4 is 10.6 Å². The van der Waals surface area contributed by atoms with Gasteiger partial charge in [0, 0.05) is 34.7 Å². The van der Waals surface area contributed by atoms with Gasteiger partial charge in [0.05, 0.1) is 34.7 Å². The molecule has 2 N–H and O–H groups in total. The largest absolute Gasteiger partial charge is 0.462 e. The van der Waals surface area contributed by atoms with Gasteiger partial charge in [0.1, 0.15) is 10.8 Å². The average molecular weight is 561 g/mol. The molecule has 208 valence electrons. The van der Waals surface area contributed by atoms with Gasteiger partial charge in [-0.15, -0.1) is 11.3 Å². The Labute approximate surface area is 237 Å². The van der Waals surface area contributed by atoms with Crippen molar-refractivity contribution in [2.24, 2.45) is 11.1 Å². The quantitative estimate of drug-likeness (QED) is 0.202. The van der Waals surface area contributed by atoms with Crippen molar-refractivity contribution in [1.82, 2.24) is 0 Å². The second-order valence-corrected chi connectivity index (χ2v) is 12.4. The van der Waals surface area contributed by atoms with Crippen LogP contribution in [0.2, 0.25) is 0 Å². The number of nitrogens with two attached hydrogens (primary N) is 1. The number of nitro groups is 1. The lowest BCUT2D eigenvalue weighted by atomic mass is 9.68. The van der Waals surface area contributed by atoms with Gasteiger partial charge < -0.3 is 10.5 Å². The summed E-state index contributed by atoms with van der Waals surface area (Å²) < 4.78 is 5.51. The molecule has 1 aromatic heterocycles. The van der Waals surface area contributed by atoms with Crippen molar-refractivity contribution in [3.05, 3.63) is 78.6 Å². The molecule has 1 atom stereocenters. The molecule has 0 amide bonds. The van der Waals surface area contributed by atoms with Crippen molar-refractivity contribution in [3.8, 4) is 6.07 Å². The fraction of sp³-hybridized carbons (Fsp3) is 0.433. The van der Waals surface area contributed by atoms with E-state index in [0.29, 0.717) is 33.8 Å². The van der Waals surface area contributed by atoms with Crippen molar-refractivity contribution in [2.45, 2.75) is 71.6 Å². The number of benzene rings is 1. The van der Waals surface area contributed by atoms with E-state index in [1.807, 2.05) is 13.8 Å². The normalized spacial score (nSPS) is 20.4. The molecule has 1 aliphatic heterocycles. The van der Waals surface area contributed by atoms with Crippen molar-refractivity contribution < 1.29 is 19.2 Å². The highest BCUT2D eigenvalue weighted by Gasteiger charge is 2.46. The van der Waals surface area contributed by atoms with E-state index in [1.165, 1.54) is 23.5 Å². The number of nitriles is 1. The zero-order chi connectivity index (χ0) is 28.8. The second-order valence-electron chi connectivity index (χ2n) is 11.3. The molecule has 3 aliphatic rings. The van der Waals surface area contributed by atoms with Gasteiger partial charge >= 0.3 is 5.97 Å². The third-order valence-corrected chi connectivity index (χ3v) is 9.18. The number of non-ortho nitro benzene ring substituents is 1. The number of anilines is 1. The molecule has 0 radical (unpaired) electrons. The van der Waals surface area contributed by atoms with Crippen LogP contribution in [0.3, 0.4) is 0 Å². The monoisotopic (exact) mass is 560 g/mol. The zero-order valence-corrected chi connectivity index (χ0v) is 23.7. The highest BCUT2D eigenvalue weighted by atomic mass is 32.1. The highest BCUT2D eigenvalue weighted by Crippen LogP contribution is 2.53. The first-order valence-electron chi connectivity index (χ1n) is 13.6. The Morgan fingerprint density at radius 3 is 2.58 bits per heavy atom. The third-order valence-electron chi connectivity index (χ3n) is 7.90. The molecule has 0 spiro atoms. The summed E-state index contributed by atoms with van der Waals surface area (Å²) in [7, 11) is 0. The molecule has 2 aromatic rings. The molecule has 2 heterocycles. The number of nitro benzene ring substituents is 1. The predicted octanol–water partition coefficient (Wildman–Crippen LogP) is 6.04. The molecular formula is C30H32N4O5S. The van der Waals surface area contributed by atoms with Crippen LogP contribution in [0, 0.1) is 26.9 Å². The van der Waals surface area contributed by atoms with Crippen LogP contribution >= 0.6 is 11.3 Å². The van der Waals surface area contributed by atoms with Crippen LogP contribution in [0.15, 0.2) is 46.9 Å². The van der Waals surface area contributed by atoms with Crippen molar-refractivity contribution in [3.63, 3.8) is 0 Å². The number of ether oxygens (including phenoxy) is 1. The number of nitrogens with zero attached hydrogens (tertiary/aromatic N) is 3.